The molecular formula is C14H22N2O2. The average Bonchev–Trinajstić information content (AvgIpc) is 2.98. The van der Waals surface area contributed by atoms with Crippen molar-refractivity contribution in [1.29, 1.82) is 0 Å². The number of fused-ring (bicyclic) bond motifs is 1. The van der Waals surface area contributed by atoms with Crippen LogP contribution in [0, 0.1) is 5.92 Å². The average molecular weight is 250 g/mol. The van der Waals surface area contributed by atoms with E-state index in [-0.39, 0.29) is 24.0 Å². The summed E-state index contributed by atoms with van der Waals surface area (Å²) in [6.07, 6.45) is 7.39. The Morgan fingerprint density at radius 1 is 1.17 bits per heavy atom. The fourth-order valence-electron chi connectivity index (χ4n) is 3.76. The molecule has 18 heavy (non-hydrogen) atoms. The summed E-state index contributed by atoms with van der Waals surface area (Å²) in [5, 5.41) is 0. The standard InChI is InChI=1S/C14H22N2O2/c1-2-10-7-8-15-12(9-10)13(17)16(14(15)18)11-5-3-4-6-11/h10-12H,2-9H2,1H3. The van der Waals surface area contributed by atoms with Gasteiger partial charge in [0.15, 0.2) is 0 Å². The van der Waals surface area contributed by atoms with Gasteiger partial charge in [-0.3, -0.25) is 9.69 Å². The summed E-state index contributed by atoms with van der Waals surface area (Å²) < 4.78 is 0. The van der Waals surface area contributed by atoms with E-state index in [1.165, 1.54) is 0 Å². The molecule has 0 aromatic rings. The fourth-order valence-corrected chi connectivity index (χ4v) is 3.76. The Bertz CT molecular complexity index is 363. The van der Waals surface area contributed by atoms with Crippen LogP contribution in [-0.2, 0) is 4.79 Å². The number of nitrogens with zero attached hydrogens (tertiary/aromatic N) is 2. The minimum atomic E-state index is -0.142. The Hall–Kier alpha value is -1.06. The van der Waals surface area contributed by atoms with Crippen LogP contribution in [0.1, 0.15) is 51.9 Å². The number of urea groups is 1. The molecule has 2 unspecified atom stereocenters. The summed E-state index contributed by atoms with van der Waals surface area (Å²) in [6, 6.07) is 0.0407. The van der Waals surface area contributed by atoms with E-state index in [9.17, 15) is 9.59 Å². The zero-order valence-corrected chi connectivity index (χ0v) is 11.1. The number of rotatable bonds is 2. The number of hydrogen-bond acceptors (Lipinski definition) is 2. The third-order valence-electron chi connectivity index (χ3n) is 4.95. The van der Waals surface area contributed by atoms with Crippen LogP contribution in [0.4, 0.5) is 4.79 Å². The van der Waals surface area contributed by atoms with E-state index in [4.69, 9.17) is 0 Å². The molecule has 0 aromatic heterocycles. The van der Waals surface area contributed by atoms with Crippen molar-refractivity contribution in [2.45, 2.75) is 64.0 Å². The van der Waals surface area contributed by atoms with E-state index in [2.05, 4.69) is 6.92 Å². The highest BCUT2D eigenvalue weighted by Gasteiger charge is 2.50. The first-order valence-electron chi connectivity index (χ1n) is 7.36. The molecule has 0 aromatic carbocycles. The van der Waals surface area contributed by atoms with Gasteiger partial charge in [0, 0.05) is 12.6 Å². The summed E-state index contributed by atoms with van der Waals surface area (Å²) in [4.78, 5) is 28.2. The molecule has 100 valence electrons. The van der Waals surface area contributed by atoms with Gasteiger partial charge in [-0.2, -0.15) is 0 Å². The second kappa shape index (κ2) is 4.56. The molecule has 4 heteroatoms. The molecule has 3 fully saturated rings. The van der Waals surface area contributed by atoms with E-state index < -0.39 is 0 Å². The van der Waals surface area contributed by atoms with Crippen molar-refractivity contribution in [3.8, 4) is 0 Å². The molecule has 0 bridgehead atoms. The maximum Gasteiger partial charge on any atom is 0.327 e. The van der Waals surface area contributed by atoms with Crippen LogP contribution in [0.2, 0.25) is 0 Å². The molecule has 2 aliphatic heterocycles. The van der Waals surface area contributed by atoms with Gasteiger partial charge in [0.25, 0.3) is 5.91 Å². The lowest BCUT2D eigenvalue weighted by Crippen LogP contribution is -2.42. The summed E-state index contributed by atoms with van der Waals surface area (Å²) >= 11 is 0. The van der Waals surface area contributed by atoms with E-state index >= 15 is 0 Å². The SMILES string of the molecule is CCC1CCN2C(=O)N(C3CCCC3)C(=O)C2C1. The van der Waals surface area contributed by atoms with E-state index in [0.29, 0.717) is 5.92 Å². The predicted molar refractivity (Wildman–Crippen MR) is 68.0 cm³/mol. The van der Waals surface area contributed by atoms with E-state index in [1.807, 2.05) is 4.90 Å². The molecule has 0 spiro atoms. The quantitative estimate of drug-likeness (QED) is 0.706. The zero-order valence-electron chi connectivity index (χ0n) is 11.1. The van der Waals surface area contributed by atoms with Gasteiger partial charge < -0.3 is 4.90 Å². The van der Waals surface area contributed by atoms with Crippen molar-refractivity contribution in [2.75, 3.05) is 6.54 Å². The highest BCUT2D eigenvalue weighted by Crippen LogP contribution is 2.35. The summed E-state index contributed by atoms with van der Waals surface area (Å²) in [7, 11) is 0. The van der Waals surface area contributed by atoms with Gasteiger partial charge in [0.1, 0.15) is 6.04 Å². The van der Waals surface area contributed by atoms with Crippen LogP contribution in [0.15, 0.2) is 0 Å². The summed E-state index contributed by atoms with van der Waals surface area (Å²) in [6.45, 7) is 2.95. The largest absolute Gasteiger partial charge is 0.327 e. The lowest BCUT2D eigenvalue weighted by Gasteiger charge is -2.31. The molecule has 1 saturated carbocycles. The van der Waals surface area contributed by atoms with Crippen molar-refractivity contribution >= 4 is 11.9 Å². The molecule has 0 radical (unpaired) electrons. The van der Waals surface area contributed by atoms with Crippen LogP contribution < -0.4 is 0 Å². The number of hydrogen-bond donors (Lipinski definition) is 0. The molecule has 3 aliphatic rings. The number of carbonyl (C=O) groups is 2. The molecule has 3 rings (SSSR count). The maximum atomic E-state index is 12.5. The maximum absolute atomic E-state index is 12.5. The van der Waals surface area contributed by atoms with Crippen molar-refractivity contribution < 1.29 is 9.59 Å². The minimum absolute atomic E-state index is 0.00791. The highest BCUT2D eigenvalue weighted by molar-refractivity contribution is 6.04. The van der Waals surface area contributed by atoms with Crippen molar-refractivity contribution in [1.82, 2.24) is 9.80 Å². The number of carbonyl (C=O) groups excluding carboxylic acids is 2. The monoisotopic (exact) mass is 250 g/mol. The third-order valence-corrected chi connectivity index (χ3v) is 4.95. The normalized spacial score (nSPS) is 33.4. The Labute approximate surface area is 108 Å². The Morgan fingerprint density at radius 2 is 1.89 bits per heavy atom. The molecule has 0 N–H and O–H groups in total. The van der Waals surface area contributed by atoms with Gasteiger partial charge in [0.05, 0.1) is 0 Å². The first kappa shape index (κ1) is 12.0. The predicted octanol–water partition coefficient (Wildman–Crippen LogP) is 2.38. The van der Waals surface area contributed by atoms with Gasteiger partial charge >= 0.3 is 6.03 Å². The molecule has 4 nitrogen and oxygen atoms in total. The number of amides is 3. The zero-order chi connectivity index (χ0) is 12.7. The van der Waals surface area contributed by atoms with Crippen molar-refractivity contribution in [2.24, 2.45) is 5.92 Å². The minimum Gasteiger partial charge on any atom is -0.312 e. The molecular weight excluding hydrogens is 228 g/mol. The van der Waals surface area contributed by atoms with Crippen LogP contribution in [0.5, 0.6) is 0 Å². The van der Waals surface area contributed by atoms with Crippen molar-refractivity contribution in [3.05, 3.63) is 0 Å². The second-order valence-corrected chi connectivity index (χ2v) is 5.94. The molecule has 2 saturated heterocycles. The first-order chi connectivity index (χ1) is 8.72. The molecule has 2 heterocycles. The molecule has 1 aliphatic carbocycles. The topological polar surface area (TPSA) is 40.6 Å². The van der Waals surface area contributed by atoms with Gasteiger partial charge in [0.2, 0.25) is 0 Å². The molecule has 2 atom stereocenters. The van der Waals surface area contributed by atoms with Gasteiger partial charge in [-0.05, 0) is 31.6 Å². The first-order valence-corrected chi connectivity index (χ1v) is 7.36. The van der Waals surface area contributed by atoms with Crippen LogP contribution in [-0.4, -0.2) is 40.4 Å². The lowest BCUT2D eigenvalue weighted by atomic mass is 9.89. The Balaban J connectivity index is 1.79. The Kier molecular flexibility index (Phi) is 3.04. The summed E-state index contributed by atoms with van der Waals surface area (Å²) in [5.74, 6) is 0.705. The smallest absolute Gasteiger partial charge is 0.312 e. The van der Waals surface area contributed by atoms with Crippen molar-refractivity contribution in [3.63, 3.8) is 0 Å². The van der Waals surface area contributed by atoms with Gasteiger partial charge in [-0.1, -0.05) is 26.2 Å². The van der Waals surface area contributed by atoms with Gasteiger partial charge in [-0.15, -0.1) is 0 Å². The number of piperidine rings is 1. The lowest BCUT2D eigenvalue weighted by molar-refractivity contribution is -0.130. The van der Waals surface area contributed by atoms with E-state index in [1.54, 1.807) is 4.90 Å². The van der Waals surface area contributed by atoms with E-state index in [0.717, 1.165) is 51.5 Å². The summed E-state index contributed by atoms with van der Waals surface area (Å²) in [5.41, 5.74) is 0. The molecule has 3 amide bonds. The van der Waals surface area contributed by atoms with Crippen LogP contribution in [0.3, 0.4) is 0 Å². The third kappa shape index (κ3) is 1.73. The van der Waals surface area contributed by atoms with Crippen LogP contribution >= 0.6 is 0 Å². The Morgan fingerprint density at radius 3 is 2.56 bits per heavy atom. The highest BCUT2D eigenvalue weighted by atomic mass is 16.2. The second-order valence-electron chi connectivity index (χ2n) is 5.94. The fraction of sp³-hybridized carbons (Fsp3) is 0.857. The van der Waals surface area contributed by atoms with Crippen LogP contribution in [0.25, 0.3) is 0 Å². The number of imide groups is 1. The van der Waals surface area contributed by atoms with Gasteiger partial charge in [-0.25, -0.2) is 4.79 Å².